The van der Waals surface area contributed by atoms with Crippen molar-refractivity contribution in [1.29, 1.82) is 0 Å². The lowest BCUT2D eigenvalue weighted by Crippen LogP contribution is -2.30. The van der Waals surface area contributed by atoms with Gasteiger partial charge in [-0.25, -0.2) is 0 Å². The average Bonchev–Trinajstić information content (AvgIpc) is 2.86. The van der Waals surface area contributed by atoms with Crippen molar-refractivity contribution in [3.8, 4) is 0 Å². The Morgan fingerprint density at radius 1 is 1.42 bits per heavy atom. The van der Waals surface area contributed by atoms with Gasteiger partial charge in [0.05, 0.1) is 0 Å². The lowest BCUT2D eigenvalue weighted by molar-refractivity contribution is 0.589. The number of hydrogen-bond acceptors (Lipinski definition) is 2. The minimum absolute atomic E-state index is 0.409. The van der Waals surface area contributed by atoms with Gasteiger partial charge in [-0.15, -0.1) is 0 Å². The molecule has 0 aliphatic carbocycles. The maximum absolute atomic E-state index is 3.63. The van der Waals surface area contributed by atoms with E-state index in [4.69, 9.17) is 0 Å². The highest BCUT2D eigenvalue weighted by molar-refractivity contribution is 9.10. The molecule has 1 aliphatic heterocycles. The van der Waals surface area contributed by atoms with Crippen LogP contribution in [0.2, 0.25) is 0 Å². The number of hydrogen-bond donors (Lipinski definition) is 1. The third-order valence-electron chi connectivity index (χ3n) is 4.13. The highest BCUT2D eigenvalue weighted by Gasteiger charge is 2.26. The van der Waals surface area contributed by atoms with E-state index in [2.05, 4.69) is 65.1 Å². The van der Waals surface area contributed by atoms with Gasteiger partial charge >= 0.3 is 0 Å². The number of benzene rings is 1. The minimum Gasteiger partial charge on any atom is -0.368 e. The molecule has 2 rings (SSSR count). The van der Waals surface area contributed by atoms with Gasteiger partial charge in [-0.1, -0.05) is 35.8 Å². The van der Waals surface area contributed by atoms with E-state index < -0.39 is 0 Å². The Kier molecular flexibility index (Phi) is 5.28. The summed E-state index contributed by atoms with van der Waals surface area (Å²) in [5.74, 6) is 0. The maximum Gasteiger partial charge on any atom is 0.0428 e. The Morgan fingerprint density at radius 3 is 2.89 bits per heavy atom. The van der Waals surface area contributed by atoms with Crippen molar-refractivity contribution in [2.45, 2.75) is 52.1 Å². The smallest absolute Gasteiger partial charge is 0.0428 e. The van der Waals surface area contributed by atoms with Gasteiger partial charge < -0.3 is 10.2 Å². The zero-order chi connectivity index (χ0) is 13.8. The molecule has 0 spiro atoms. The summed E-state index contributed by atoms with van der Waals surface area (Å²) in [5, 5.41) is 3.54. The second-order valence-electron chi connectivity index (χ2n) is 5.38. The van der Waals surface area contributed by atoms with Gasteiger partial charge in [0.15, 0.2) is 0 Å². The van der Waals surface area contributed by atoms with E-state index in [-0.39, 0.29) is 0 Å². The van der Waals surface area contributed by atoms with E-state index in [1.807, 2.05) is 0 Å². The molecule has 2 atom stereocenters. The highest BCUT2D eigenvalue weighted by atomic mass is 79.9. The fourth-order valence-corrected chi connectivity index (χ4v) is 3.47. The molecule has 1 fully saturated rings. The first kappa shape index (κ1) is 14.9. The summed E-state index contributed by atoms with van der Waals surface area (Å²) >= 11 is 3.63. The minimum atomic E-state index is 0.409. The zero-order valence-electron chi connectivity index (χ0n) is 12.2. The standard InChI is InChI=1S/C16H25BrN2/c1-4-14-7-6-10-19(14)16-11-13(17)8-9-15(16)12(3)18-5-2/h8-9,11-12,14,18H,4-7,10H2,1-3H3. The summed E-state index contributed by atoms with van der Waals surface area (Å²) < 4.78 is 1.18. The fourth-order valence-electron chi connectivity index (χ4n) is 3.13. The van der Waals surface area contributed by atoms with E-state index in [0.29, 0.717) is 12.1 Å². The third kappa shape index (κ3) is 3.32. The number of anilines is 1. The fraction of sp³-hybridized carbons (Fsp3) is 0.625. The van der Waals surface area contributed by atoms with Crippen molar-refractivity contribution in [1.82, 2.24) is 5.32 Å². The molecule has 106 valence electrons. The van der Waals surface area contributed by atoms with Crippen molar-refractivity contribution < 1.29 is 0 Å². The molecule has 3 heteroatoms. The molecule has 2 nitrogen and oxygen atoms in total. The Morgan fingerprint density at radius 2 is 2.21 bits per heavy atom. The van der Waals surface area contributed by atoms with Gasteiger partial charge in [-0.05, 0) is 50.4 Å². The average molecular weight is 325 g/mol. The SMILES string of the molecule is CCNC(C)c1ccc(Br)cc1N1CCCC1CC. The molecule has 1 aromatic carbocycles. The molecule has 1 saturated heterocycles. The Balaban J connectivity index is 2.34. The van der Waals surface area contributed by atoms with Crippen LogP contribution in [0.25, 0.3) is 0 Å². The third-order valence-corrected chi connectivity index (χ3v) is 4.62. The van der Waals surface area contributed by atoms with Crippen molar-refractivity contribution in [2.24, 2.45) is 0 Å². The van der Waals surface area contributed by atoms with E-state index in [0.717, 1.165) is 6.54 Å². The van der Waals surface area contributed by atoms with Gasteiger partial charge in [0.25, 0.3) is 0 Å². The highest BCUT2D eigenvalue weighted by Crippen LogP contribution is 2.35. The number of nitrogens with one attached hydrogen (secondary N) is 1. The van der Waals surface area contributed by atoms with E-state index in [9.17, 15) is 0 Å². The molecule has 0 bridgehead atoms. The second kappa shape index (κ2) is 6.76. The summed E-state index contributed by atoms with van der Waals surface area (Å²) in [6.45, 7) is 8.93. The van der Waals surface area contributed by atoms with E-state index >= 15 is 0 Å². The summed E-state index contributed by atoms with van der Waals surface area (Å²) in [6, 6.07) is 7.83. The van der Waals surface area contributed by atoms with Crippen molar-refractivity contribution in [3.63, 3.8) is 0 Å². The van der Waals surface area contributed by atoms with Crippen LogP contribution in [0, 0.1) is 0 Å². The Labute approximate surface area is 125 Å². The molecule has 0 amide bonds. The van der Waals surface area contributed by atoms with Crippen LogP contribution in [0.15, 0.2) is 22.7 Å². The molecular weight excluding hydrogens is 300 g/mol. The van der Waals surface area contributed by atoms with Gasteiger partial charge in [0, 0.05) is 28.8 Å². The largest absolute Gasteiger partial charge is 0.368 e. The molecule has 1 aromatic rings. The molecule has 2 unspecified atom stereocenters. The van der Waals surface area contributed by atoms with Crippen LogP contribution in [-0.2, 0) is 0 Å². The van der Waals surface area contributed by atoms with Crippen LogP contribution >= 0.6 is 15.9 Å². The van der Waals surface area contributed by atoms with Crippen LogP contribution in [0.3, 0.4) is 0 Å². The van der Waals surface area contributed by atoms with Gasteiger partial charge in [0.1, 0.15) is 0 Å². The molecular formula is C16H25BrN2. The lowest BCUT2D eigenvalue weighted by atomic mass is 10.0. The summed E-state index contributed by atoms with van der Waals surface area (Å²) in [5.41, 5.74) is 2.83. The molecule has 1 heterocycles. The van der Waals surface area contributed by atoms with Gasteiger partial charge in [-0.2, -0.15) is 0 Å². The first-order valence-corrected chi connectivity index (χ1v) is 8.26. The molecule has 0 radical (unpaired) electrons. The van der Waals surface area contributed by atoms with Crippen LogP contribution in [-0.4, -0.2) is 19.1 Å². The zero-order valence-corrected chi connectivity index (χ0v) is 13.8. The van der Waals surface area contributed by atoms with Crippen LogP contribution in [0.1, 0.15) is 51.6 Å². The number of halogens is 1. The van der Waals surface area contributed by atoms with E-state index in [1.165, 1.54) is 41.5 Å². The van der Waals surface area contributed by atoms with Crippen molar-refractivity contribution in [3.05, 3.63) is 28.2 Å². The predicted octanol–water partition coefficient (Wildman–Crippen LogP) is 4.50. The van der Waals surface area contributed by atoms with Crippen molar-refractivity contribution in [2.75, 3.05) is 18.0 Å². The summed E-state index contributed by atoms with van der Waals surface area (Å²) in [4.78, 5) is 2.61. The van der Waals surface area contributed by atoms with Crippen LogP contribution in [0.5, 0.6) is 0 Å². The Hall–Kier alpha value is -0.540. The maximum atomic E-state index is 3.63. The van der Waals surface area contributed by atoms with Crippen LogP contribution in [0.4, 0.5) is 5.69 Å². The molecule has 1 N–H and O–H groups in total. The van der Waals surface area contributed by atoms with Gasteiger partial charge in [0.2, 0.25) is 0 Å². The van der Waals surface area contributed by atoms with Crippen LogP contribution < -0.4 is 10.2 Å². The quantitative estimate of drug-likeness (QED) is 0.857. The second-order valence-corrected chi connectivity index (χ2v) is 6.30. The predicted molar refractivity (Wildman–Crippen MR) is 86.9 cm³/mol. The topological polar surface area (TPSA) is 15.3 Å². The molecule has 0 aromatic heterocycles. The summed E-state index contributed by atoms with van der Waals surface area (Å²) in [7, 11) is 0. The summed E-state index contributed by atoms with van der Waals surface area (Å²) in [6.07, 6.45) is 3.89. The normalized spacial score (nSPS) is 20.8. The molecule has 0 saturated carbocycles. The van der Waals surface area contributed by atoms with E-state index in [1.54, 1.807) is 0 Å². The monoisotopic (exact) mass is 324 g/mol. The number of rotatable bonds is 5. The lowest BCUT2D eigenvalue weighted by Gasteiger charge is -2.30. The molecule has 1 aliphatic rings. The van der Waals surface area contributed by atoms with Gasteiger partial charge in [-0.3, -0.25) is 0 Å². The first-order chi connectivity index (χ1) is 9.17. The first-order valence-electron chi connectivity index (χ1n) is 7.46. The molecule has 19 heavy (non-hydrogen) atoms. The van der Waals surface area contributed by atoms with Crippen molar-refractivity contribution >= 4 is 21.6 Å². The number of nitrogens with zero attached hydrogens (tertiary/aromatic N) is 1. The Bertz CT molecular complexity index is 419.